The Kier molecular flexibility index (Phi) is 8.03. The molecule has 32 heavy (non-hydrogen) atoms. The Bertz CT molecular complexity index is 1040. The van der Waals surface area contributed by atoms with Crippen molar-refractivity contribution in [2.45, 2.75) is 31.2 Å². The van der Waals surface area contributed by atoms with Crippen LogP contribution in [0.2, 0.25) is 5.02 Å². The van der Waals surface area contributed by atoms with Crippen LogP contribution in [-0.2, 0) is 21.4 Å². The Balaban J connectivity index is 1.69. The highest BCUT2D eigenvalue weighted by atomic mass is 35.5. The van der Waals surface area contributed by atoms with Crippen LogP contribution in [0.3, 0.4) is 0 Å². The minimum Gasteiger partial charge on any atom is -0.497 e. The molecule has 1 saturated heterocycles. The van der Waals surface area contributed by atoms with Gasteiger partial charge in [-0.2, -0.15) is 4.31 Å². The Labute approximate surface area is 194 Å². The predicted molar refractivity (Wildman–Crippen MR) is 124 cm³/mol. The fraction of sp³-hybridized carbons (Fsp3) is 0.435. The highest BCUT2D eigenvalue weighted by Crippen LogP contribution is 2.31. The number of carbonyl (C=O) groups is 1. The van der Waals surface area contributed by atoms with E-state index in [1.165, 1.54) is 16.4 Å². The Morgan fingerprint density at radius 2 is 1.94 bits per heavy atom. The molecule has 0 aliphatic carbocycles. The van der Waals surface area contributed by atoms with Gasteiger partial charge < -0.3 is 14.4 Å². The Hall–Kier alpha value is -2.29. The van der Waals surface area contributed by atoms with Gasteiger partial charge in [0, 0.05) is 26.7 Å². The standard InChI is InChI=1S/C23H29ClN2O5S/c1-4-31-22-12-11-20(14-21(22)24)32(28,29)26-13-5-6-18(16-26)23(27)25(2)15-17-7-9-19(30-3)10-8-17/h7-12,14,18H,4-6,13,15-16H2,1-3H3. The van der Waals surface area contributed by atoms with Gasteiger partial charge in [0.2, 0.25) is 15.9 Å². The summed E-state index contributed by atoms with van der Waals surface area (Å²) in [7, 11) is -0.418. The van der Waals surface area contributed by atoms with Crippen LogP contribution >= 0.6 is 11.6 Å². The van der Waals surface area contributed by atoms with Gasteiger partial charge in [0.05, 0.1) is 29.6 Å². The number of amides is 1. The number of hydrogen-bond acceptors (Lipinski definition) is 5. The molecule has 0 bridgehead atoms. The zero-order chi connectivity index (χ0) is 23.3. The molecule has 174 valence electrons. The molecule has 7 nitrogen and oxygen atoms in total. The average Bonchev–Trinajstić information content (AvgIpc) is 2.80. The Morgan fingerprint density at radius 3 is 2.56 bits per heavy atom. The molecule has 1 amide bonds. The summed E-state index contributed by atoms with van der Waals surface area (Å²) in [4.78, 5) is 14.8. The summed E-state index contributed by atoms with van der Waals surface area (Å²) in [6.45, 7) is 3.24. The van der Waals surface area contributed by atoms with Crippen molar-refractivity contribution in [2.24, 2.45) is 5.92 Å². The summed E-state index contributed by atoms with van der Waals surface area (Å²) in [5, 5.41) is 0.247. The normalized spacial score (nSPS) is 17.1. The summed E-state index contributed by atoms with van der Waals surface area (Å²) in [5.41, 5.74) is 0.978. The maximum Gasteiger partial charge on any atom is 0.243 e. The summed E-state index contributed by atoms with van der Waals surface area (Å²) in [6, 6.07) is 12.0. The van der Waals surface area contributed by atoms with E-state index in [1.807, 2.05) is 31.2 Å². The monoisotopic (exact) mass is 480 g/mol. The van der Waals surface area contributed by atoms with Crippen molar-refractivity contribution in [1.29, 1.82) is 0 Å². The van der Waals surface area contributed by atoms with Gasteiger partial charge >= 0.3 is 0 Å². The summed E-state index contributed by atoms with van der Waals surface area (Å²) in [5.74, 6) is 0.746. The number of benzene rings is 2. The topological polar surface area (TPSA) is 76.2 Å². The van der Waals surface area contributed by atoms with E-state index in [0.717, 1.165) is 11.3 Å². The zero-order valence-electron chi connectivity index (χ0n) is 18.6. The highest BCUT2D eigenvalue weighted by molar-refractivity contribution is 7.89. The average molecular weight is 481 g/mol. The Morgan fingerprint density at radius 1 is 1.22 bits per heavy atom. The lowest BCUT2D eigenvalue weighted by molar-refractivity contribution is -0.135. The van der Waals surface area contributed by atoms with E-state index >= 15 is 0 Å². The third-order valence-electron chi connectivity index (χ3n) is 5.53. The number of rotatable bonds is 8. The number of ether oxygens (including phenoxy) is 2. The second-order valence-corrected chi connectivity index (χ2v) is 10.1. The van der Waals surface area contributed by atoms with E-state index < -0.39 is 10.0 Å². The molecule has 0 radical (unpaired) electrons. The van der Waals surface area contributed by atoms with Crippen molar-refractivity contribution in [2.75, 3.05) is 33.9 Å². The molecule has 1 unspecified atom stereocenters. The maximum atomic E-state index is 13.2. The number of methoxy groups -OCH3 is 1. The van der Waals surface area contributed by atoms with Crippen LogP contribution in [-0.4, -0.2) is 57.4 Å². The molecule has 9 heteroatoms. The van der Waals surface area contributed by atoms with Crippen LogP contribution in [0.25, 0.3) is 0 Å². The van der Waals surface area contributed by atoms with Gasteiger partial charge in [0.25, 0.3) is 0 Å². The molecule has 3 rings (SSSR count). The smallest absolute Gasteiger partial charge is 0.243 e. The molecule has 0 N–H and O–H groups in total. The van der Waals surface area contributed by atoms with Crippen molar-refractivity contribution in [3.8, 4) is 11.5 Å². The minimum absolute atomic E-state index is 0.0644. The van der Waals surface area contributed by atoms with Gasteiger partial charge in [0.15, 0.2) is 0 Å². The molecule has 2 aromatic carbocycles. The van der Waals surface area contributed by atoms with Crippen LogP contribution in [0, 0.1) is 5.92 Å². The molecule has 1 heterocycles. The van der Waals surface area contributed by atoms with Crippen molar-refractivity contribution in [3.05, 3.63) is 53.1 Å². The maximum absolute atomic E-state index is 13.2. The third-order valence-corrected chi connectivity index (χ3v) is 7.69. The number of hydrogen-bond donors (Lipinski definition) is 0. The van der Waals surface area contributed by atoms with E-state index in [9.17, 15) is 13.2 Å². The summed E-state index contributed by atoms with van der Waals surface area (Å²) < 4.78 is 38.3. The lowest BCUT2D eigenvalue weighted by Gasteiger charge is -2.33. The number of carbonyl (C=O) groups excluding carboxylic acids is 1. The first-order valence-electron chi connectivity index (χ1n) is 10.6. The summed E-state index contributed by atoms with van der Waals surface area (Å²) >= 11 is 6.19. The van der Waals surface area contributed by atoms with Crippen molar-refractivity contribution < 1.29 is 22.7 Å². The van der Waals surface area contributed by atoms with E-state index in [4.69, 9.17) is 21.1 Å². The molecule has 0 saturated carbocycles. The lowest BCUT2D eigenvalue weighted by Crippen LogP contribution is -2.45. The minimum atomic E-state index is -3.77. The van der Waals surface area contributed by atoms with E-state index in [1.54, 1.807) is 25.1 Å². The number of nitrogens with zero attached hydrogens (tertiary/aromatic N) is 2. The predicted octanol–water partition coefficient (Wildman–Crippen LogP) is 3.81. The third kappa shape index (κ3) is 5.54. The first kappa shape index (κ1) is 24.4. The molecule has 1 atom stereocenters. The second-order valence-electron chi connectivity index (χ2n) is 7.77. The first-order valence-corrected chi connectivity index (χ1v) is 12.4. The fourth-order valence-electron chi connectivity index (χ4n) is 3.82. The fourth-order valence-corrected chi connectivity index (χ4v) is 5.67. The van der Waals surface area contributed by atoms with Crippen molar-refractivity contribution >= 4 is 27.5 Å². The largest absolute Gasteiger partial charge is 0.497 e. The van der Waals surface area contributed by atoms with E-state index in [0.29, 0.717) is 38.3 Å². The van der Waals surface area contributed by atoms with Gasteiger partial charge in [-0.15, -0.1) is 0 Å². The zero-order valence-corrected chi connectivity index (χ0v) is 20.2. The van der Waals surface area contributed by atoms with Gasteiger partial charge in [-0.05, 0) is 55.7 Å². The van der Waals surface area contributed by atoms with E-state index in [2.05, 4.69) is 0 Å². The van der Waals surface area contributed by atoms with Gasteiger partial charge in [0.1, 0.15) is 11.5 Å². The second kappa shape index (κ2) is 10.6. The highest BCUT2D eigenvalue weighted by Gasteiger charge is 2.34. The van der Waals surface area contributed by atoms with Crippen LogP contribution in [0.1, 0.15) is 25.3 Å². The number of sulfonamides is 1. The van der Waals surface area contributed by atoms with Gasteiger partial charge in [-0.3, -0.25) is 4.79 Å². The van der Waals surface area contributed by atoms with Crippen LogP contribution in [0.5, 0.6) is 11.5 Å². The molecule has 0 spiro atoms. The molecular weight excluding hydrogens is 452 g/mol. The molecule has 2 aromatic rings. The SMILES string of the molecule is CCOc1ccc(S(=O)(=O)N2CCCC(C(=O)N(C)Cc3ccc(OC)cc3)C2)cc1Cl. The van der Waals surface area contributed by atoms with Crippen molar-refractivity contribution in [3.63, 3.8) is 0 Å². The number of halogens is 1. The lowest BCUT2D eigenvalue weighted by atomic mass is 9.98. The van der Waals surface area contributed by atoms with Crippen LogP contribution < -0.4 is 9.47 Å². The van der Waals surface area contributed by atoms with Gasteiger partial charge in [-0.1, -0.05) is 23.7 Å². The van der Waals surface area contributed by atoms with E-state index in [-0.39, 0.29) is 28.3 Å². The molecule has 1 aliphatic heterocycles. The van der Waals surface area contributed by atoms with Crippen LogP contribution in [0.15, 0.2) is 47.4 Å². The van der Waals surface area contributed by atoms with Crippen molar-refractivity contribution in [1.82, 2.24) is 9.21 Å². The number of piperidine rings is 1. The molecule has 1 fully saturated rings. The first-order chi connectivity index (χ1) is 15.3. The van der Waals surface area contributed by atoms with Gasteiger partial charge in [-0.25, -0.2) is 8.42 Å². The quantitative estimate of drug-likeness (QED) is 0.574. The molecular formula is C23H29ClN2O5S. The summed E-state index contributed by atoms with van der Waals surface area (Å²) in [6.07, 6.45) is 1.28. The van der Waals surface area contributed by atoms with Crippen LogP contribution in [0.4, 0.5) is 0 Å². The molecule has 1 aliphatic rings. The molecule has 0 aromatic heterocycles.